The lowest BCUT2D eigenvalue weighted by Gasteiger charge is -2.22. The van der Waals surface area contributed by atoms with Crippen LogP contribution in [0.1, 0.15) is 12.8 Å². The third-order valence-electron chi connectivity index (χ3n) is 2.71. The van der Waals surface area contributed by atoms with Crippen LogP contribution in [0.2, 0.25) is 18.6 Å². The summed E-state index contributed by atoms with van der Waals surface area (Å²) in [5.74, 6) is 0. The van der Waals surface area contributed by atoms with Crippen LogP contribution in [0.25, 0.3) is 0 Å². The van der Waals surface area contributed by atoms with Crippen LogP contribution in [0.3, 0.4) is 0 Å². The van der Waals surface area contributed by atoms with E-state index in [1.165, 1.54) is 0 Å². The molecule has 0 rings (SSSR count). The Morgan fingerprint density at radius 3 is 1.87 bits per heavy atom. The highest BCUT2D eigenvalue weighted by Gasteiger charge is 2.27. The molecule has 0 aromatic carbocycles. The molecule has 0 fully saturated rings. The minimum Gasteiger partial charge on any atom is -0.400 e. The molecule has 0 aliphatic carbocycles. The van der Waals surface area contributed by atoms with Gasteiger partial charge in [0.2, 0.25) is 0 Å². The van der Waals surface area contributed by atoms with Gasteiger partial charge < -0.3 is 17.7 Å². The maximum atomic E-state index is 5.41. The van der Waals surface area contributed by atoms with Crippen LogP contribution < -0.4 is 0 Å². The zero-order valence-electron chi connectivity index (χ0n) is 10.5. The van der Waals surface area contributed by atoms with Crippen molar-refractivity contribution in [1.82, 2.24) is 0 Å². The van der Waals surface area contributed by atoms with Crippen LogP contribution in [0, 0.1) is 0 Å². The Bertz CT molecular complexity index is 149. The molecule has 4 nitrogen and oxygen atoms in total. The summed E-state index contributed by atoms with van der Waals surface area (Å²) in [6.07, 6.45) is 2.26. The molecule has 92 valence electrons. The molecule has 0 bridgehead atoms. The average molecular weight is 252 g/mol. The topological polar surface area (TPSA) is 36.9 Å². The van der Waals surface area contributed by atoms with Gasteiger partial charge in [-0.2, -0.15) is 0 Å². The van der Waals surface area contributed by atoms with Crippen molar-refractivity contribution in [3.05, 3.63) is 0 Å². The van der Waals surface area contributed by atoms with Gasteiger partial charge in [-0.1, -0.05) is 12.8 Å². The molecule has 0 aliphatic heterocycles. The van der Waals surface area contributed by atoms with Crippen LogP contribution in [0.4, 0.5) is 0 Å². The lowest BCUT2D eigenvalue weighted by Crippen LogP contribution is -2.35. The van der Waals surface area contributed by atoms with Gasteiger partial charge in [-0.25, -0.2) is 0 Å². The Balaban J connectivity index is 3.60. The molecule has 0 amide bonds. The molecular formula is C9H24O4Si2. The summed E-state index contributed by atoms with van der Waals surface area (Å²) < 4.78 is 21.3. The second-order valence-electron chi connectivity index (χ2n) is 3.69. The first kappa shape index (κ1) is 15.3. The fourth-order valence-corrected chi connectivity index (χ4v) is 4.13. The maximum absolute atomic E-state index is 5.41. The van der Waals surface area contributed by atoms with Gasteiger partial charge in [-0.3, -0.25) is 0 Å². The summed E-state index contributed by atoms with van der Waals surface area (Å²) in [5, 5.41) is 0. The summed E-state index contributed by atoms with van der Waals surface area (Å²) >= 11 is 0. The highest BCUT2D eigenvalue weighted by Crippen LogP contribution is 2.16. The fourth-order valence-electron chi connectivity index (χ4n) is 1.38. The molecule has 0 N–H and O–H groups in total. The lowest BCUT2D eigenvalue weighted by atomic mass is 10.4. The van der Waals surface area contributed by atoms with Crippen LogP contribution >= 0.6 is 0 Å². The summed E-state index contributed by atoms with van der Waals surface area (Å²) in [7, 11) is 3.70. The second kappa shape index (κ2) is 8.43. The van der Waals surface area contributed by atoms with E-state index in [9.17, 15) is 0 Å². The molecule has 0 atom stereocenters. The molecule has 0 saturated carbocycles. The first-order valence-corrected chi connectivity index (χ1v) is 9.56. The quantitative estimate of drug-likeness (QED) is 0.462. The predicted molar refractivity (Wildman–Crippen MR) is 65.7 cm³/mol. The standard InChI is InChI=1S/C9H24O4Si2/c1-10-14(11-2)8-6-7-9-15(5,12-3)13-4/h14H,6-9H2,1-5H3. The third-order valence-corrected chi connectivity index (χ3v) is 7.63. The summed E-state index contributed by atoms with van der Waals surface area (Å²) in [4.78, 5) is 0. The molecule has 15 heavy (non-hydrogen) atoms. The molecule has 0 heterocycles. The number of hydrogen-bond donors (Lipinski definition) is 0. The van der Waals surface area contributed by atoms with Gasteiger partial charge in [0.15, 0.2) is 0 Å². The second-order valence-corrected chi connectivity index (χ2v) is 9.65. The highest BCUT2D eigenvalue weighted by molar-refractivity contribution is 6.65. The Morgan fingerprint density at radius 2 is 1.47 bits per heavy atom. The number of rotatable bonds is 9. The van der Waals surface area contributed by atoms with Gasteiger partial charge in [0, 0.05) is 28.4 Å². The van der Waals surface area contributed by atoms with E-state index in [1.807, 2.05) is 0 Å². The van der Waals surface area contributed by atoms with Crippen molar-refractivity contribution in [2.45, 2.75) is 31.5 Å². The fraction of sp³-hybridized carbons (Fsp3) is 1.00. The predicted octanol–water partition coefficient (Wildman–Crippen LogP) is 1.64. The Kier molecular flexibility index (Phi) is 8.58. The van der Waals surface area contributed by atoms with Crippen LogP contribution in [0.15, 0.2) is 0 Å². The Labute approximate surface area is 96.0 Å². The number of unbranched alkanes of at least 4 members (excludes halogenated alkanes) is 1. The van der Waals surface area contributed by atoms with E-state index in [-0.39, 0.29) is 0 Å². The summed E-state index contributed by atoms with van der Waals surface area (Å²) in [5.41, 5.74) is 0. The van der Waals surface area contributed by atoms with E-state index in [0.29, 0.717) is 0 Å². The number of hydrogen-bond acceptors (Lipinski definition) is 4. The molecule has 0 saturated heterocycles. The summed E-state index contributed by atoms with van der Waals surface area (Å²) in [6.45, 7) is 2.09. The largest absolute Gasteiger partial charge is 0.400 e. The van der Waals surface area contributed by atoms with Gasteiger partial charge in [-0.15, -0.1) is 0 Å². The van der Waals surface area contributed by atoms with Gasteiger partial charge in [-0.05, 0) is 18.6 Å². The smallest absolute Gasteiger partial charge is 0.334 e. The molecule has 0 aliphatic rings. The Morgan fingerprint density at radius 1 is 0.933 bits per heavy atom. The molecule has 0 unspecified atom stereocenters. The van der Waals surface area contributed by atoms with Crippen LogP contribution in [0.5, 0.6) is 0 Å². The molecular weight excluding hydrogens is 228 g/mol. The average Bonchev–Trinajstić information content (AvgIpc) is 2.29. The van der Waals surface area contributed by atoms with Crippen molar-refractivity contribution in [3.8, 4) is 0 Å². The van der Waals surface area contributed by atoms with Crippen molar-refractivity contribution in [2.75, 3.05) is 28.4 Å². The van der Waals surface area contributed by atoms with Crippen molar-refractivity contribution < 1.29 is 17.7 Å². The van der Waals surface area contributed by atoms with Gasteiger partial charge in [0.1, 0.15) is 0 Å². The lowest BCUT2D eigenvalue weighted by molar-refractivity contribution is 0.247. The van der Waals surface area contributed by atoms with E-state index in [2.05, 4.69) is 6.55 Å². The van der Waals surface area contributed by atoms with Crippen LogP contribution in [-0.2, 0) is 17.7 Å². The van der Waals surface area contributed by atoms with E-state index in [0.717, 1.165) is 24.9 Å². The zero-order valence-corrected chi connectivity index (χ0v) is 12.7. The van der Waals surface area contributed by atoms with E-state index >= 15 is 0 Å². The van der Waals surface area contributed by atoms with Gasteiger partial charge in [0.05, 0.1) is 0 Å². The minimum atomic E-state index is -1.86. The van der Waals surface area contributed by atoms with E-state index < -0.39 is 17.8 Å². The normalized spacial score (nSPS) is 12.4. The molecule has 0 aromatic heterocycles. The van der Waals surface area contributed by atoms with Crippen molar-refractivity contribution in [2.24, 2.45) is 0 Å². The molecule has 6 heteroatoms. The zero-order chi connectivity index (χ0) is 11.7. The van der Waals surface area contributed by atoms with Gasteiger partial charge in [0.25, 0.3) is 0 Å². The highest BCUT2D eigenvalue weighted by atomic mass is 28.4. The van der Waals surface area contributed by atoms with Crippen LogP contribution in [-0.4, -0.2) is 46.3 Å². The first-order chi connectivity index (χ1) is 7.11. The van der Waals surface area contributed by atoms with Crippen molar-refractivity contribution >= 4 is 17.8 Å². The molecule has 0 spiro atoms. The minimum absolute atomic E-state index is 1.04. The van der Waals surface area contributed by atoms with Gasteiger partial charge >= 0.3 is 17.8 Å². The van der Waals surface area contributed by atoms with Crippen molar-refractivity contribution in [1.29, 1.82) is 0 Å². The summed E-state index contributed by atoms with van der Waals surface area (Å²) in [6, 6.07) is 2.10. The monoisotopic (exact) mass is 252 g/mol. The van der Waals surface area contributed by atoms with E-state index in [1.54, 1.807) is 28.4 Å². The maximum Gasteiger partial charge on any atom is 0.334 e. The molecule has 0 radical (unpaired) electrons. The first-order valence-electron chi connectivity index (χ1n) is 5.27. The SMILES string of the molecule is CO[SiH](CCCC[Si](C)(OC)OC)OC. The van der Waals surface area contributed by atoms with E-state index in [4.69, 9.17) is 17.7 Å². The Hall–Kier alpha value is 0.274. The molecule has 0 aromatic rings. The van der Waals surface area contributed by atoms with Crippen molar-refractivity contribution in [3.63, 3.8) is 0 Å². The third kappa shape index (κ3) is 6.44.